The molecule has 1 unspecified atom stereocenters. The van der Waals surface area contributed by atoms with Crippen LogP contribution in [0, 0.1) is 11.6 Å². The Morgan fingerprint density at radius 3 is 2.32 bits per heavy atom. The number of pyridine rings is 1. The first-order valence-electron chi connectivity index (χ1n) is 12.9. The first-order chi connectivity index (χ1) is 17.9. The number of hydrogen-bond donors (Lipinski definition) is 3. The highest BCUT2D eigenvalue weighted by Crippen LogP contribution is 2.48. The number of carboxylic acid groups (broad SMARTS) is 1. The number of carbonyl (C=O) groups is 2. The van der Waals surface area contributed by atoms with Crippen molar-refractivity contribution < 1.29 is 32.3 Å². The van der Waals surface area contributed by atoms with Crippen LogP contribution in [0.3, 0.4) is 0 Å². The van der Waals surface area contributed by atoms with Crippen LogP contribution in [0.1, 0.15) is 73.8 Å². The maximum atomic E-state index is 14.4. The molecule has 2 saturated carbocycles. The molecule has 3 aliphatic rings. The molecule has 204 valence electrons. The van der Waals surface area contributed by atoms with Gasteiger partial charge in [0.2, 0.25) is 5.92 Å². The number of halogens is 4. The molecule has 0 bridgehead atoms. The first kappa shape index (κ1) is 26.2. The van der Waals surface area contributed by atoms with E-state index in [0.717, 1.165) is 18.9 Å². The van der Waals surface area contributed by atoms with E-state index in [4.69, 9.17) is 0 Å². The van der Waals surface area contributed by atoms with Gasteiger partial charge in [-0.25, -0.2) is 22.4 Å². The van der Waals surface area contributed by atoms with Crippen molar-refractivity contribution in [3.05, 3.63) is 47.3 Å². The van der Waals surface area contributed by atoms with E-state index in [-0.39, 0.29) is 49.3 Å². The van der Waals surface area contributed by atoms with Crippen LogP contribution in [0.15, 0.2) is 24.4 Å². The zero-order valence-electron chi connectivity index (χ0n) is 21.0. The summed E-state index contributed by atoms with van der Waals surface area (Å²) in [5, 5.41) is 14.7. The number of alkyl halides is 2. The molecule has 1 aromatic carbocycles. The molecule has 3 N–H and O–H groups in total. The lowest BCUT2D eigenvalue weighted by molar-refractivity contribution is -0.0399. The fourth-order valence-electron chi connectivity index (χ4n) is 5.62. The van der Waals surface area contributed by atoms with Crippen LogP contribution in [0.25, 0.3) is 11.1 Å². The molecule has 1 saturated heterocycles. The lowest BCUT2D eigenvalue weighted by atomic mass is 9.91. The predicted octanol–water partition coefficient (Wildman–Crippen LogP) is 5.45. The average molecular weight is 535 g/mol. The zero-order chi connectivity index (χ0) is 27.2. The summed E-state index contributed by atoms with van der Waals surface area (Å²) in [7, 11) is 0. The van der Waals surface area contributed by atoms with Crippen LogP contribution in [-0.4, -0.2) is 52.7 Å². The summed E-state index contributed by atoms with van der Waals surface area (Å²) in [5.41, 5.74) is 1.06. The van der Waals surface area contributed by atoms with Crippen LogP contribution < -0.4 is 15.5 Å². The Labute approximate surface area is 217 Å². The van der Waals surface area contributed by atoms with Crippen LogP contribution in [0.5, 0.6) is 0 Å². The molecule has 2 heterocycles. The lowest BCUT2D eigenvalue weighted by Gasteiger charge is -2.31. The van der Waals surface area contributed by atoms with E-state index in [0.29, 0.717) is 29.9 Å². The third-order valence-electron chi connectivity index (χ3n) is 7.69. The van der Waals surface area contributed by atoms with Crippen LogP contribution in [0.4, 0.5) is 28.0 Å². The molecule has 0 radical (unpaired) electrons. The van der Waals surface area contributed by atoms with Gasteiger partial charge >= 0.3 is 6.09 Å². The summed E-state index contributed by atoms with van der Waals surface area (Å²) in [5.74, 6) is -4.73. The van der Waals surface area contributed by atoms with Gasteiger partial charge in [-0.1, -0.05) is 0 Å². The number of nitrogens with one attached hydrogen (secondary N) is 2. The van der Waals surface area contributed by atoms with Crippen molar-refractivity contribution in [3.63, 3.8) is 0 Å². The second-order valence-electron chi connectivity index (χ2n) is 11.0. The van der Waals surface area contributed by atoms with Crippen molar-refractivity contribution in [2.24, 2.45) is 0 Å². The predicted molar refractivity (Wildman–Crippen MR) is 133 cm³/mol. The van der Waals surface area contributed by atoms with Crippen molar-refractivity contribution in [1.29, 1.82) is 0 Å². The van der Waals surface area contributed by atoms with Gasteiger partial charge in [-0.2, -0.15) is 0 Å². The highest BCUT2D eigenvalue weighted by molar-refractivity contribution is 6.04. The van der Waals surface area contributed by atoms with Gasteiger partial charge in [-0.3, -0.25) is 9.78 Å². The van der Waals surface area contributed by atoms with E-state index in [1.807, 2.05) is 4.90 Å². The Morgan fingerprint density at radius 2 is 1.71 bits per heavy atom. The molecule has 38 heavy (non-hydrogen) atoms. The number of amides is 2. The number of aromatic nitrogens is 1. The minimum absolute atomic E-state index is 0.0684. The minimum atomic E-state index is -2.74. The molecular formula is C27H30F4N4O3. The molecule has 2 aliphatic carbocycles. The van der Waals surface area contributed by atoms with Gasteiger partial charge in [-0.05, 0) is 56.7 Å². The smallest absolute Gasteiger partial charge is 0.405 e. The van der Waals surface area contributed by atoms with E-state index in [1.54, 1.807) is 6.92 Å². The zero-order valence-corrected chi connectivity index (χ0v) is 21.0. The molecule has 2 aromatic rings. The maximum Gasteiger partial charge on any atom is 0.405 e. The molecular weight excluding hydrogens is 504 g/mol. The number of anilines is 1. The van der Waals surface area contributed by atoms with E-state index in [1.165, 1.54) is 18.3 Å². The third-order valence-corrected chi connectivity index (χ3v) is 7.69. The Balaban J connectivity index is 1.59. The Kier molecular flexibility index (Phi) is 6.73. The van der Waals surface area contributed by atoms with Gasteiger partial charge in [0, 0.05) is 55.7 Å². The minimum Gasteiger partial charge on any atom is -0.465 e. The van der Waals surface area contributed by atoms with E-state index >= 15 is 0 Å². The van der Waals surface area contributed by atoms with Crippen LogP contribution >= 0.6 is 0 Å². The summed E-state index contributed by atoms with van der Waals surface area (Å²) in [4.78, 5) is 31.4. The van der Waals surface area contributed by atoms with Crippen molar-refractivity contribution >= 4 is 17.7 Å². The van der Waals surface area contributed by atoms with Crippen molar-refractivity contribution in [2.75, 3.05) is 18.0 Å². The number of benzene rings is 1. The van der Waals surface area contributed by atoms with Crippen molar-refractivity contribution in [2.45, 2.75) is 75.3 Å². The van der Waals surface area contributed by atoms with E-state index < -0.39 is 41.1 Å². The van der Waals surface area contributed by atoms with Gasteiger partial charge in [0.25, 0.3) is 5.91 Å². The molecule has 7 nitrogen and oxygen atoms in total. The highest BCUT2D eigenvalue weighted by atomic mass is 19.3. The summed E-state index contributed by atoms with van der Waals surface area (Å²) in [6.45, 7) is 2.35. The molecule has 5 rings (SSSR count). The number of carbonyl (C=O) groups excluding carboxylic acids is 1. The molecule has 11 heteroatoms. The van der Waals surface area contributed by atoms with Crippen LogP contribution in [0.2, 0.25) is 0 Å². The summed E-state index contributed by atoms with van der Waals surface area (Å²) < 4.78 is 56.1. The quantitative estimate of drug-likeness (QED) is 0.429. The van der Waals surface area contributed by atoms with Gasteiger partial charge in [0.05, 0.1) is 22.5 Å². The summed E-state index contributed by atoms with van der Waals surface area (Å²) >= 11 is 0. The van der Waals surface area contributed by atoms with Gasteiger partial charge in [0.15, 0.2) is 0 Å². The van der Waals surface area contributed by atoms with Crippen molar-refractivity contribution in [1.82, 2.24) is 15.6 Å². The fourth-order valence-corrected chi connectivity index (χ4v) is 5.62. The SMILES string of the molecule is CC1(NC(=O)O)CCN(c2c(C(=O)NC3CCC(F)(F)CC3)cnc(C3CC3)c2-c2cc(F)cc(F)c2)C1. The Morgan fingerprint density at radius 1 is 1.05 bits per heavy atom. The Bertz CT molecular complexity index is 1240. The Hall–Kier alpha value is -3.37. The second-order valence-corrected chi connectivity index (χ2v) is 11.0. The van der Waals surface area contributed by atoms with E-state index in [2.05, 4.69) is 15.6 Å². The number of hydrogen-bond acceptors (Lipinski definition) is 4. The summed E-state index contributed by atoms with van der Waals surface area (Å²) in [6.07, 6.45) is 2.02. The highest BCUT2D eigenvalue weighted by Gasteiger charge is 2.41. The first-order valence-corrected chi connectivity index (χ1v) is 12.9. The lowest BCUT2D eigenvalue weighted by Crippen LogP contribution is -2.47. The normalized spacial score (nSPS) is 23.3. The maximum absolute atomic E-state index is 14.4. The van der Waals surface area contributed by atoms with Gasteiger partial charge < -0.3 is 20.6 Å². The molecule has 1 aliphatic heterocycles. The summed E-state index contributed by atoms with van der Waals surface area (Å²) in [6, 6.07) is 2.73. The third kappa shape index (κ3) is 5.56. The second kappa shape index (κ2) is 9.74. The fraction of sp³-hybridized carbons (Fsp3) is 0.519. The molecule has 1 atom stereocenters. The van der Waals surface area contributed by atoms with Crippen LogP contribution in [-0.2, 0) is 0 Å². The van der Waals surface area contributed by atoms with E-state index in [9.17, 15) is 32.3 Å². The number of rotatable bonds is 6. The molecule has 1 aromatic heterocycles. The average Bonchev–Trinajstić information content (AvgIpc) is 3.60. The molecule has 0 spiro atoms. The van der Waals surface area contributed by atoms with Gasteiger partial charge in [0.1, 0.15) is 11.6 Å². The standard InChI is InChI=1S/C27H30F4N4O3/c1-26(34-25(37)38)8-9-35(14-26)23-20(24(36)33-19-4-6-27(30,31)7-5-19)13-32-22(15-2-3-15)21(23)16-10-17(28)12-18(29)11-16/h10-13,15,19,34H,2-9,14H2,1H3,(H,33,36)(H,37,38). The molecule has 2 amide bonds. The molecule has 3 fully saturated rings. The number of nitrogens with zero attached hydrogens (tertiary/aromatic N) is 2. The topological polar surface area (TPSA) is 94.6 Å². The van der Waals surface area contributed by atoms with Gasteiger partial charge in [-0.15, -0.1) is 0 Å². The monoisotopic (exact) mass is 534 g/mol. The van der Waals surface area contributed by atoms with Crippen molar-refractivity contribution in [3.8, 4) is 11.1 Å². The largest absolute Gasteiger partial charge is 0.465 e.